The monoisotopic (exact) mass is 513 g/mol. The molecule has 1 amide bonds. The minimum atomic E-state index is -0.872. The Kier molecular flexibility index (Phi) is 8.01. The molecule has 3 aromatic rings. The van der Waals surface area contributed by atoms with Gasteiger partial charge in [-0.15, -0.1) is 0 Å². The van der Waals surface area contributed by atoms with Gasteiger partial charge in [-0.1, -0.05) is 18.2 Å². The Morgan fingerprint density at radius 2 is 1.92 bits per heavy atom. The first kappa shape index (κ1) is 26.5. The van der Waals surface area contributed by atoms with E-state index in [0.717, 1.165) is 5.69 Å². The minimum Gasteiger partial charge on any atom is -0.479 e. The highest BCUT2D eigenvalue weighted by atomic mass is 19.1. The summed E-state index contributed by atoms with van der Waals surface area (Å²) >= 11 is 0. The molecular formula is C26H33F2N7O2. The highest BCUT2D eigenvalue weighted by molar-refractivity contribution is 5.90. The van der Waals surface area contributed by atoms with Gasteiger partial charge in [-0.05, 0) is 34.0 Å². The molecule has 3 heterocycles. The summed E-state index contributed by atoms with van der Waals surface area (Å²) in [6.45, 7) is 5.47. The minimum absolute atomic E-state index is 0.0202. The van der Waals surface area contributed by atoms with Crippen LogP contribution in [0.25, 0.3) is 11.0 Å². The van der Waals surface area contributed by atoms with Gasteiger partial charge >= 0.3 is 0 Å². The average Bonchev–Trinajstić information content (AvgIpc) is 2.87. The number of ether oxygens (including phenoxy) is 1. The Morgan fingerprint density at radius 3 is 2.57 bits per heavy atom. The Bertz CT molecular complexity index is 1280. The van der Waals surface area contributed by atoms with Gasteiger partial charge in [-0.3, -0.25) is 4.79 Å². The maximum atomic E-state index is 14.8. The number of fused-ring (bicyclic) bond motifs is 1. The number of amides is 1. The van der Waals surface area contributed by atoms with E-state index in [1.807, 2.05) is 30.0 Å². The van der Waals surface area contributed by atoms with Crippen molar-refractivity contribution in [2.75, 3.05) is 64.1 Å². The van der Waals surface area contributed by atoms with E-state index in [0.29, 0.717) is 66.8 Å². The number of benzene rings is 1. The van der Waals surface area contributed by atoms with Crippen molar-refractivity contribution in [3.05, 3.63) is 47.0 Å². The van der Waals surface area contributed by atoms with Gasteiger partial charge < -0.3 is 24.8 Å². The molecule has 0 radical (unpaired) electrons. The lowest BCUT2D eigenvalue weighted by Crippen LogP contribution is -2.50. The molecule has 37 heavy (non-hydrogen) atoms. The highest BCUT2D eigenvalue weighted by Crippen LogP contribution is 2.34. The number of carbonyl (C=O) groups excluding carboxylic acids is 1. The summed E-state index contributed by atoms with van der Waals surface area (Å²) in [4.78, 5) is 32.0. The van der Waals surface area contributed by atoms with E-state index < -0.39 is 18.5 Å². The van der Waals surface area contributed by atoms with E-state index in [9.17, 15) is 13.6 Å². The summed E-state index contributed by atoms with van der Waals surface area (Å²) in [7, 11) is 5.31. The largest absolute Gasteiger partial charge is 0.479 e. The SMILES string of the molecule is COc1nc2nc(C)nc(N[C@H](C)c3cccc(CF)c3F)c2cc1N1CCN(C(=O)CN(C)C)CC1. The molecule has 1 aliphatic rings. The number of halogens is 2. The predicted octanol–water partition coefficient (Wildman–Crippen LogP) is 3.33. The molecule has 9 nitrogen and oxygen atoms in total. The molecule has 0 saturated carbocycles. The second kappa shape index (κ2) is 11.2. The van der Waals surface area contributed by atoms with Crippen molar-refractivity contribution in [2.24, 2.45) is 0 Å². The fourth-order valence-electron chi connectivity index (χ4n) is 4.51. The van der Waals surface area contributed by atoms with Gasteiger partial charge in [0.2, 0.25) is 11.8 Å². The smallest absolute Gasteiger partial charge is 0.239 e. The van der Waals surface area contributed by atoms with Crippen LogP contribution in [0, 0.1) is 12.7 Å². The number of aryl methyl sites for hydroxylation is 1. The van der Waals surface area contributed by atoms with Gasteiger partial charge in [0.05, 0.1) is 25.1 Å². The molecule has 0 unspecified atom stereocenters. The number of alkyl halides is 1. The molecule has 11 heteroatoms. The molecule has 4 rings (SSSR count). The Labute approximate surface area is 215 Å². The standard InChI is InChI=1S/C26H33F2N7O2/c1-16(19-8-6-7-18(14-27)23(19)28)29-24-20-13-21(26(37-5)32-25(20)31-17(2)30-24)34-9-11-35(12-10-34)22(36)15-33(3)4/h6-8,13,16H,9-12,14-15H2,1-5H3,(H,29,30,31,32)/t16-/m1/s1. The van der Waals surface area contributed by atoms with E-state index in [1.54, 1.807) is 33.1 Å². The number of pyridine rings is 1. The molecule has 0 aliphatic carbocycles. The second-order valence-electron chi connectivity index (χ2n) is 9.43. The predicted molar refractivity (Wildman–Crippen MR) is 139 cm³/mol. The normalized spacial score (nSPS) is 14.8. The van der Waals surface area contributed by atoms with Crippen LogP contribution in [0.4, 0.5) is 20.3 Å². The Balaban J connectivity index is 1.64. The number of carbonyl (C=O) groups is 1. The number of rotatable bonds is 8. The summed E-state index contributed by atoms with van der Waals surface area (Å²) < 4.78 is 33.6. The number of hydrogen-bond acceptors (Lipinski definition) is 8. The van der Waals surface area contributed by atoms with Crippen LogP contribution < -0.4 is 15.0 Å². The summed E-state index contributed by atoms with van der Waals surface area (Å²) in [6, 6.07) is 6.14. The number of likely N-dealkylation sites (N-methyl/N-ethyl adjacent to an activating group) is 1. The molecule has 2 aromatic heterocycles. The van der Waals surface area contributed by atoms with Crippen molar-refractivity contribution in [3.63, 3.8) is 0 Å². The van der Waals surface area contributed by atoms with Crippen LogP contribution in [0.15, 0.2) is 24.3 Å². The molecule has 1 saturated heterocycles. The zero-order valence-corrected chi connectivity index (χ0v) is 21.9. The number of methoxy groups -OCH3 is 1. The van der Waals surface area contributed by atoms with Crippen LogP contribution in [0.2, 0.25) is 0 Å². The molecule has 1 fully saturated rings. The number of anilines is 2. The maximum absolute atomic E-state index is 14.8. The van der Waals surface area contributed by atoms with Gasteiger partial charge in [-0.2, -0.15) is 4.98 Å². The van der Waals surface area contributed by atoms with Crippen LogP contribution in [0.5, 0.6) is 5.88 Å². The van der Waals surface area contributed by atoms with E-state index in [2.05, 4.69) is 25.2 Å². The van der Waals surface area contributed by atoms with Crippen molar-refractivity contribution in [1.82, 2.24) is 24.8 Å². The van der Waals surface area contributed by atoms with E-state index in [-0.39, 0.29) is 11.5 Å². The van der Waals surface area contributed by atoms with Gasteiger partial charge in [0.1, 0.15) is 29.8 Å². The van der Waals surface area contributed by atoms with Gasteiger partial charge in [-0.25, -0.2) is 18.7 Å². The van der Waals surface area contributed by atoms with Crippen molar-refractivity contribution in [2.45, 2.75) is 26.6 Å². The van der Waals surface area contributed by atoms with Crippen molar-refractivity contribution in [1.29, 1.82) is 0 Å². The third-order valence-corrected chi connectivity index (χ3v) is 6.44. The van der Waals surface area contributed by atoms with Crippen LogP contribution in [0.1, 0.15) is 29.9 Å². The van der Waals surface area contributed by atoms with E-state index >= 15 is 0 Å². The first-order valence-electron chi connectivity index (χ1n) is 12.2. The molecule has 0 spiro atoms. The fourth-order valence-corrected chi connectivity index (χ4v) is 4.51. The molecule has 198 valence electrons. The van der Waals surface area contributed by atoms with Crippen LogP contribution in [0.3, 0.4) is 0 Å². The van der Waals surface area contributed by atoms with Crippen molar-refractivity contribution < 1.29 is 18.3 Å². The van der Waals surface area contributed by atoms with E-state index in [1.165, 1.54) is 6.07 Å². The number of piperazine rings is 1. The van der Waals surface area contributed by atoms with Crippen LogP contribution in [-0.2, 0) is 11.5 Å². The fraction of sp³-hybridized carbons (Fsp3) is 0.462. The summed E-state index contributed by atoms with van der Waals surface area (Å²) in [5, 5.41) is 3.93. The lowest BCUT2D eigenvalue weighted by Gasteiger charge is -2.36. The van der Waals surface area contributed by atoms with Crippen LogP contribution >= 0.6 is 0 Å². The summed E-state index contributed by atoms with van der Waals surface area (Å²) in [5.41, 5.74) is 1.58. The number of nitrogens with zero attached hydrogens (tertiary/aromatic N) is 6. The molecule has 1 atom stereocenters. The Hall–Kier alpha value is -3.60. The molecule has 1 N–H and O–H groups in total. The third kappa shape index (κ3) is 5.71. The Morgan fingerprint density at radius 1 is 1.19 bits per heavy atom. The molecule has 1 aromatic carbocycles. The maximum Gasteiger partial charge on any atom is 0.239 e. The van der Waals surface area contributed by atoms with Crippen molar-refractivity contribution in [3.8, 4) is 5.88 Å². The number of nitrogens with one attached hydrogen (secondary N) is 1. The van der Waals surface area contributed by atoms with Crippen molar-refractivity contribution >= 4 is 28.4 Å². The van der Waals surface area contributed by atoms with Crippen LogP contribution in [-0.4, -0.2) is 84.6 Å². The second-order valence-corrected chi connectivity index (χ2v) is 9.43. The zero-order valence-electron chi connectivity index (χ0n) is 21.9. The number of aromatic nitrogens is 3. The van der Waals surface area contributed by atoms with Gasteiger partial charge in [0.15, 0.2) is 5.65 Å². The van der Waals surface area contributed by atoms with E-state index in [4.69, 9.17) is 4.74 Å². The summed E-state index contributed by atoms with van der Waals surface area (Å²) in [6.07, 6.45) is 0. The van der Waals surface area contributed by atoms with Gasteiger partial charge in [0, 0.05) is 37.3 Å². The first-order chi connectivity index (χ1) is 17.7. The first-order valence-corrected chi connectivity index (χ1v) is 12.2. The quantitative estimate of drug-likeness (QED) is 0.491. The summed E-state index contributed by atoms with van der Waals surface area (Å²) in [5.74, 6) is 0.954. The molecule has 1 aliphatic heterocycles. The lowest BCUT2D eigenvalue weighted by atomic mass is 10.0. The molecular weight excluding hydrogens is 480 g/mol. The number of hydrogen-bond donors (Lipinski definition) is 1. The third-order valence-electron chi connectivity index (χ3n) is 6.44. The highest BCUT2D eigenvalue weighted by Gasteiger charge is 2.25. The van der Waals surface area contributed by atoms with Gasteiger partial charge in [0.25, 0.3) is 0 Å². The molecule has 0 bridgehead atoms. The average molecular weight is 514 g/mol. The zero-order chi connectivity index (χ0) is 26.7. The lowest BCUT2D eigenvalue weighted by molar-refractivity contribution is -0.132. The topological polar surface area (TPSA) is 86.7 Å².